The fourth-order valence-electron chi connectivity index (χ4n) is 6.03. The van der Waals surface area contributed by atoms with Gasteiger partial charge in [0, 0.05) is 17.3 Å². The van der Waals surface area contributed by atoms with Gasteiger partial charge in [-0.3, -0.25) is 9.59 Å². The average Bonchev–Trinajstić information content (AvgIpc) is 3.58. The lowest BCUT2D eigenvalue weighted by molar-refractivity contribution is -0.667. The van der Waals surface area contributed by atoms with E-state index < -0.39 is 11.9 Å². The molecule has 0 atom stereocenters. The fraction of sp³-hybridized carbons (Fsp3) is 0.147. The van der Waals surface area contributed by atoms with E-state index in [9.17, 15) is 19.8 Å². The van der Waals surface area contributed by atoms with Crippen molar-refractivity contribution in [3.05, 3.63) is 95.8 Å². The van der Waals surface area contributed by atoms with Crippen molar-refractivity contribution in [2.24, 2.45) is 0 Å². The van der Waals surface area contributed by atoms with Gasteiger partial charge in [0.1, 0.15) is 11.1 Å². The van der Waals surface area contributed by atoms with E-state index in [0.29, 0.717) is 11.6 Å². The Labute approximate surface area is 245 Å². The summed E-state index contributed by atoms with van der Waals surface area (Å²) in [6.45, 7) is 2.49. The molecule has 42 heavy (non-hydrogen) atoms. The van der Waals surface area contributed by atoms with Crippen LogP contribution in [0.2, 0.25) is 0 Å². The number of aliphatic carboxylic acids is 2. The molecule has 2 N–H and O–H groups in total. The lowest BCUT2D eigenvalue weighted by Crippen LogP contribution is -2.38. The maximum atomic E-state index is 11.8. The van der Waals surface area contributed by atoms with Crippen molar-refractivity contribution in [2.75, 3.05) is 11.4 Å². The molecule has 8 heteroatoms. The number of benzene rings is 5. The minimum Gasteiger partial charge on any atom is -0.481 e. The van der Waals surface area contributed by atoms with E-state index in [0.717, 1.165) is 58.8 Å². The molecular formula is C34H27N2O5S+. The Hall–Kier alpha value is -4.95. The summed E-state index contributed by atoms with van der Waals surface area (Å²) in [5.41, 5.74) is 2.63. The number of carbonyl (C=O) groups is 2. The standard InChI is InChI=1S/C34H26N2O5S/c1-20(33-35(18-16-28(37)38)27-15-14-21-8-2-3-9-22(21)31(27)41-33)34-36(19-17-29(39)40)30-25-12-6-4-10-23(25)24-11-5-7-13-26(24)32(30)42-34/h2-15H,16-19H2,1H3,(H-,37,38,39,40)/p+1. The maximum absolute atomic E-state index is 11.8. The Balaban J connectivity index is 1.51. The van der Waals surface area contributed by atoms with Crippen molar-refractivity contribution >= 4 is 77.1 Å². The first-order valence-corrected chi connectivity index (χ1v) is 14.6. The van der Waals surface area contributed by atoms with Crippen LogP contribution in [-0.4, -0.2) is 28.7 Å². The molecule has 1 aromatic heterocycles. The van der Waals surface area contributed by atoms with E-state index in [-0.39, 0.29) is 25.9 Å². The van der Waals surface area contributed by atoms with Crippen LogP contribution >= 0.6 is 11.3 Å². The van der Waals surface area contributed by atoms with Crippen molar-refractivity contribution < 1.29 is 29.1 Å². The number of hydrogen-bond acceptors (Lipinski definition) is 5. The topological polar surface area (TPSA) is 91.0 Å². The highest BCUT2D eigenvalue weighted by atomic mass is 32.1. The molecule has 208 valence electrons. The van der Waals surface area contributed by atoms with E-state index >= 15 is 0 Å². The van der Waals surface area contributed by atoms with Crippen LogP contribution in [0.25, 0.3) is 48.1 Å². The predicted molar refractivity (Wildman–Crippen MR) is 166 cm³/mol. The number of carboxylic acid groups (broad SMARTS) is 2. The molecule has 1 aliphatic heterocycles. The summed E-state index contributed by atoms with van der Waals surface area (Å²) in [5.74, 6) is -0.506. The highest BCUT2D eigenvalue weighted by Crippen LogP contribution is 2.47. The number of allylic oxidation sites excluding steroid dienone is 1. The molecule has 7 nitrogen and oxygen atoms in total. The van der Waals surface area contributed by atoms with Gasteiger partial charge in [0.2, 0.25) is 11.4 Å². The van der Waals surface area contributed by atoms with Crippen LogP contribution in [0.5, 0.6) is 5.75 Å². The molecule has 2 heterocycles. The minimum atomic E-state index is -0.891. The summed E-state index contributed by atoms with van der Waals surface area (Å²) in [6, 6.07) is 28.5. The number of ether oxygens (including phenoxy) is 1. The highest BCUT2D eigenvalue weighted by Gasteiger charge is 2.35. The predicted octanol–water partition coefficient (Wildman–Crippen LogP) is 7.19. The molecule has 6 aromatic rings. The van der Waals surface area contributed by atoms with Crippen molar-refractivity contribution in [2.45, 2.75) is 26.3 Å². The summed E-state index contributed by atoms with van der Waals surface area (Å²) in [6.07, 6.45) is -0.102. The number of aryl methyl sites for hydroxylation is 1. The van der Waals surface area contributed by atoms with Crippen molar-refractivity contribution in [3.63, 3.8) is 0 Å². The van der Waals surface area contributed by atoms with E-state index in [1.807, 2.05) is 72.5 Å². The third kappa shape index (κ3) is 4.14. The quantitative estimate of drug-likeness (QED) is 0.155. The lowest BCUT2D eigenvalue weighted by atomic mass is 10.0. The molecule has 0 radical (unpaired) electrons. The fourth-order valence-corrected chi connectivity index (χ4v) is 7.36. The third-order valence-electron chi connectivity index (χ3n) is 7.91. The van der Waals surface area contributed by atoms with Gasteiger partial charge in [-0.05, 0) is 35.2 Å². The first kappa shape index (κ1) is 26.0. The van der Waals surface area contributed by atoms with Gasteiger partial charge in [-0.15, -0.1) is 0 Å². The molecule has 0 spiro atoms. The van der Waals surface area contributed by atoms with E-state index in [2.05, 4.69) is 28.8 Å². The first-order valence-electron chi connectivity index (χ1n) is 13.8. The summed E-state index contributed by atoms with van der Waals surface area (Å²) >= 11 is 1.61. The van der Waals surface area contributed by atoms with Gasteiger partial charge in [-0.1, -0.05) is 84.1 Å². The Kier molecular flexibility index (Phi) is 6.28. The minimum absolute atomic E-state index is 0.0400. The number of aromatic nitrogens is 1. The summed E-state index contributed by atoms with van der Waals surface area (Å²) in [7, 11) is 0. The van der Waals surface area contributed by atoms with Gasteiger partial charge >= 0.3 is 11.9 Å². The summed E-state index contributed by atoms with van der Waals surface area (Å²) in [4.78, 5) is 25.4. The van der Waals surface area contributed by atoms with Gasteiger partial charge in [0.15, 0.2) is 12.3 Å². The molecule has 0 saturated carbocycles. The molecule has 0 amide bonds. The smallest absolute Gasteiger partial charge is 0.309 e. The van der Waals surface area contributed by atoms with Crippen molar-refractivity contribution in [3.8, 4) is 5.75 Å². The SMILES string of the molecule is CC(=C1Oc2c(ccc3ccccc23)N1CCC(=O)O)c1sc2c3ccccc3c3ccccc3c2[n+]1CCC(=O)O. The second kappa shape index (κ2) is 10.2. The Bertz CT molecular complexity index is 2110. The number of hydrogen-bond donors (Lipinski definition) is 2. The third-order valence-corrected chi connectivity index (χ3v) is 9.24. The molecule has 1 aliphatic rings. The normalized spacial score (nSPS) is 14.1. The molecule has 5 aromatic carbocycles. The largest absolute Gasteiger partial charge is 0.481 e. The van der Waals surface area contributed by atoms with Gasteiger partial charge in [-0.25, -0.2) is 0 Å². The maximum Gasteiger partial charge on any atom is 0.309 e. The number of carboxylic acids is 2. The number of fused-ring (bicyclic) bond motifs is 9. The van der Waals surface area contributed by atoms with E-state index in [1.165, 1.54) is 0 Å². The van der Waals surface area contributed by atoms with Crippen LogP contribution < -0.4 is 14.2 Å². The van der Waals surface area contributed by atoms with Gasteiger partial charge in [0.25, 0.3) is 5.01 Å². The Morgan fingerprint density at radius 1 is 0.786 bits per heavy atom. The van der Waals surface area contributed by atoms with Gasteiger partial charge in [0.05, 0.1) is 23.1 Å². The molecule has 0 saturated heterocycles. The summed E-state index contributed by atoms with van der Waals surface area (Å²) < 4.78 is 9.80. The van der Waals surface area contributed by atoms with Crippen LogP contribution in [0.3, 0.4) is 0 Å². The number of anilines is 1. The van der Waals surface area contributed by atoms with Crippen LogP contribution in [0.1, 0.15) is 24.8 Å². The van der Waals surface area contributed by atoms with Crippen LogP contribution in [-0.2, 0) is 16.1 Å². The van der Waals surface area contributed by atoms with Gasteiger partial charge < -0.3 is 19.8 Å². The Morgan fingerprint density at radius 2 is 1.40 bits per heavy atom. The molecule has 0 bridgehead atoms. The van der Waals surface area contributed by atoms with Crippen molar-refractivity contribution in [1.82, 2.24) is 0 Å². The molecule has 7 rings (SSSR count). The van der Waals surface area contributed by atoms with Crippen LogP contribution in [0, 0.1) is 0 Å². The molecular weight excluding hydrogens is 548 g/mol. The zero-order chi connectivity index (χ0) is 29.0. The lowest BCUT2D eigenvalue weighted by Gasteiger charge is -2.18. The number of rotatable bonds is 7. The second-order valence-corrected chi connectivity index (χ2v) is 11.4. The Morgan fingerprint density at radius 3 is 2.12 bits per heavy atom. The van der Waals surface area contributed by atoms with Crippen LogP contribution in [0.15, 0.2) is 90.8 Å². The second-order valence-electron chi connectivity index (χ2n) is 10.4. The monoisotopic (exact) mass is 575 g/mol. The average molecular weight is 576 g/mol. The highest BCUT2D eigenvalue weighted by molar-refractivity contribution is 7.20. The van der Waals surface area contributed by atoms with E-state index in [1.54, 1.807) is 11.3 Å². The number of nitrogens with zero attached hydrogens (tertiary/aromatic N) is 2. The molecule has 0 unspecified atom stereocenters. The number of thiazole rings is 1. The molecule has 0 aliphatic carbocycles. The van der Waals surface area contributed by atoms with Crippen molar-refractivity contribution in [1.29, 1.82) is 0 Å². The van der Waals surface area contributed by atoms with Crippen LogP contribution in [0.4, 0.5) is 5.69 Å². The van der Waals surface area contributed by atoms with Gasteiger partial charge in [-0.2, -0.15) is 4.57 Å². The first-order chi connectivity index (χ1) is 20.4. The molecule has 0 fully saturated rings. The van der Waals surface area contributed by atoms with E-state index in [4.69, 9.17) is 4.74 Å². The zero-order valence-corrected chi connectivity index (χ0v) is 23.6. The summed E-state index contributed by atoms with van der Waals surface area (Å²) in [5, 5.41) is 26.5. The zero-order valence-electron chi connectivity index (χ0n) is 22.8.